The molecule has 9 heteroatoms. The second-order valence-electron chi connectivity index (χ2n) is 8.45. The van der Waals surface area contributed by atoms with Crippen LogP contribution in [-0.4, -0.2) is 42.8 Å². The van der Waals surface area contributed by atoms with Crippen LogP contribution in [0.5, 0.6) is 11.5 Å². The van der Waals surface area contributed by atoms with Gasteiger partial charge in [0.2, 0.25) is 10.0 Å². The fraction of sp³-hybridized carbons (Fsp3) is 0.240. The normalized spacial score (nSPS) is 21.8. The predicted molar refractivity (Wildman–Crippen MR) is 126 cm³/mol. The van der Waals surface area contributed by atoms with Crippen LogP contribution in [-0.2, 0) is 10.0 Å². The van der Waals surface area contributed by atoms with Crippen LogP contribution in [0.4, 0.5) is 11.4 Å². The number of nitrogens with one attached hydrogen (secondary N) is 1. The van der Waals surface area contributed by atoms with Gasteiger partial charge in [-0.05, 0) is 67.8 Å². The van der Waals surface area contributed by atoms with Gasteiger partial charge in [-0.3, -0.25) is 0 Å². The zero-order valence-electron chi connectivity index (χ0n) is 18.2. The highest BCUT2D eigenvalue weighted by molar-refractivity contribution is 7.89. The minimum atomic E-state index is -3.96. The van der Waals surface area contributed by atoms with E-state index in [9.17, 15) is 18.3 Å². The lowest BCUT2D eigenvalue weighted by molar-refractivity contribution is 0.0696. The number of aromatic carboxylic acids is 1. The molecule has 0 saturated heterocycles. The number of rotatable bonds is 5. The van der Waals surface area contributed by atoms with Crippen molar-refractivity contribution in [3.63, 3.8) is 0 Å². The molecular weight excluding hydrogens is 456 g/mol. The van der Waals surface area contributed by atoms with Crippen molar-refractivity contribution in [2.45, 2.75) is 42.3 Å². The largest absolute Gasteiger partial charge is 0.478 e. The Labute approximate surface area is 197 Å². The van der Waals surface area contributed by atoms with Crippen molar-refractivity contribution in [2.75, 3.05) is 4.90 Å². The summed E-state index contributed by atoms with van der Waals surface area (Å²) in [6, 6.07) is 19.1. The van der Waals surface area contributed by atoms with E-state index in [-0.39, 0.29) is 16.5 Å². The van der Waals surface area contributed by atoms with Crippen molar-refractivity contribution in [2.24, 2.45) is 0 Å². The average molecular weight is 481 g/mol. The van der Waals surface area contributed by atoms with Crippen LogP contribution >= 0.6 is 0 Å². The van der Waals surface area contributed by atoms with Gasteiger partial charge in [-0.2, -0.15) is 0 Å². The molecule has 1 saturated carbocycles. The lowest BCUT2D eigenvalue weighted by Crippen LogP contribution is -2.56. The fourth-order valence-electron chi connectivity index (χ4n) is 4.70. The second-order valence-corrected chi connectivity index (χ2v) is 10.2. The van der Waals surface area contributed by atoms with E-state index >= 15 is 0 Å². The molecule has 0 unspecified atom stereocenters. The molecule has 3 N–H and O–H groups in total. The highest BCUT2D eigenvalue weighted by Crippen LogP contribution is 2.49. The third-order valence-corrected chi connectivity index (χ3v) is 7.85. The summed E-state index contributed by atoms with van der Waals surface area (Å²) in [5.41, 5.74) is 1.64. The molecule has 8 nitrogen and oxygen atoms in total. The summed E-state index contributed by atoms with van der Waals surface area (Å²) in [7, 11) is -3.96. The summed E-state index contributed by atoms with van der Waals surface area (Å²) >= 11 is 0. The van der Waals surface area contributed by atoms with E-state index in [4.69, 9.17) is 9.84 Å². The summed E-state index contributed by atoms with van der Waals surface area (Å²) in [5, 5.41) is 20.4. The van der Waals surface area contributed by atoms with E-state index in [1.165, 1.54) is 24.3 Å². The number of hydrogen-bond donors (Lipinski definition) is 3. The SMILES string of the molecule is O=C(O)c1ccc(S(=O)(=O)N[C@@H]2CCC[C@H](N3c4ccccc4Oc4ccccc43)[C@H]2O)cc1. The quantitative estimate of drug-likeness (QED) is 0.507. The Bertz CT molecular complexity index is 1280. The predicted octanol–water partition coefficient (Wildman–Crippen LogP) is 3.89. The molecule has 3 aromatic carbocycles. The Morgan fingerprint density at radius 1 is 0.912 bits per heavy atom. The van der Waals surface area contributed by atoms with Crippen LogP contribution in [0.3, 0.4) is 0 Å². The number of hydrogen-bond acceptors (Lipinski definition) is 6. The molecule has 3 aromatic rings. The van der Waals surface area contributed by atoms with Gasteiger partial charge in [-0.1, -0.05) is 24.3 Å². The molecular formula is C25H24N2O6S. The van der Waals surface area contributed by atoms with Crippen LogP contribution in [0.2, 0.25) is 0 Å². The first-order chi connectivity index (χ1) is 16.3. The van der Waals surface area contributed by atoms with Gasteiger partial charge >= 0.3 is 5.97 Å². The van der Waals surface area contributed by atoms with Crippen LogP contribution in [0.25, 0.3) is 0 Å². The maximum Gasteiger partial charge on any atom is 0.335 e. The average Bonchev–Trinajstić information content (AvgIpc) is 2.84. The lowest BCUT2D eigenvalue weighted by Gasteiger charge is -2.44. The summed E-state index contributed by atoms with van der Waals surface area (Å²) in [5.74, 6) is 0.220. The van der Waals surface area contributed by atoms with Crippen LogP contribution in [0.15, 0.2) is 77.7 Å². The standard InChI is InChI=1S/C25H24N2O6S/c28-24-18(26-34(31,32)17-14-12-16(13-15-17)25(29)30)6-5-9-21(24)27-19-7-1-3-10-22(19)33-23-11-4-2-8-20(23)27/h1-4,7-8,10-15,18,21,24,26,28H,5-6,9H2,(H,29,30)/t18-,21+,24+/m1/s1. The highest BCUT2D eigenvalue weighted by atomic mass is 32.2. The second kappa shape index (κ2) is 8.75. The third-order valence-electron chi connectivity index (χ3n) is 6.34. The third kappa shape index (κ3) is 4.02. The van der Waals surface area contributed by atoms with Crippen molar-refractivity contribution < 1.29 is 28.2 Å². The molecule has 5 rings (SSSR count). The number of para-hydroxylation sites is 4. The maximum atomic E-state index is 13.0. The topological polar surface area (TPSA) is 116 Å². The number of anilines is 2. The summed E-state index contributed by atoms with van der Waals surface area (Å²) in [4.78, 5) is 13.1. The summed E-state index contributed by atoms with van der Waals surface area (Å²) < 4.78 is 34.7. The van der Waals surface area contributed by atoms with Crippen LogP contribution < -0.4 is 14.4 Å². The minimum Gasteiger partial charge on any atom is -0.478 e. The summed E-state index contributed by atoms with van der Waals surface area (Å²) in [6.45, 7) is 0. The van der Waals surface area contributed by atoms with Crippen molar-refractivity contribution in [1.29, 1.82) is 0 Å². The molecule has 0 spiro atoms. The zero-order chi connectivity index (χ0) is 23.9. The van der Waals surface area contributed by atoms with Gasteiger partial charge in [0, 0.05) is 0 Å². The van der Waals surface area contributed by atoms with Crippen molar-refractivity contribution >= 4 is 27.4 Å². The number of fused-ring (bicyclic) bond motifs is 2. The number of sulfonamides is 1. The van der Waals surface area contributed by atoms with E-state index < -0.39 is 28.1 Å². The smallest absolute Gasteiger partial charge is 0.335 e. The molecule has 1 heterocycles. The van der Waals surface area contributed by atoms with Crippen LogP contribution in [0.1, 0.15) is 29.6 Å². The molecule has 0 amide bonds. The number of carbonyl (C=O) groups is 1. The molecule has 0 bridgehead atoms. The number of benzene rings is 3. The number of aliphatic hydroxyl groups is 1. The van der Waals surface area contributed by atoms with E-state index in [2.05, 4.69) is 4.72 Å². The van der Waals surface area contributed by atoms with Gasteiger partial charge in [-0.15, -0.1) is 0 Å². The Morgan fingerprint density at radius 3 is 2.09 bits per heavy atom. The first-order valence-electron chi connectivity index (χ1n) is 11.0. The van der Waals surface area contributed by atoms with Gasteiger partial charge in [0.25, 0.3) is 0 Å². The van der Waals surface area contributed by atoms with Gasteiger partial charge in [-0.25, -0.2) is 17.9 Å². The van der Waals surface area contributed by atoms with Crippen molar-refractivity contribution in [3.05, 3.63) is 78.4 Å². The maximum absolute atomic E-state index is 13.0. The Morgan fingerprint density at radius 2 is 1.50 bits per heavy atom. The number of carboxylic acids is 1. The van der Waals surface area contributed by atoms with Gasteiger partial charge < -0.3 is 19.8 Å². The van der Waals surface area contributed by atoms with Gasteiger partial charge in [0.05, 0.1) is 40.0 Å². The Balaban J connectivity index is 1.44. The fourth-order valence-corrected chi connectivity index (χ4v) is 5.99. The highest BCUT2D eigenvalue weighted by Gasteiger charge is 2.41. The van der Waals surface area contributed by atoms with Crippen molar-refractivity contribution in [1.82, 2.24) is 4.72 Å². The molecule has 2 aliphatic rings. The number of nitrogens with zero attached hydrogens (tertiary/aromatic N) is 1. The number of aliphatic hydroxyl groups excluding tert-OH is 1. The molecule has 176 valence electrons. The van der Waals surface area contributed by atoms with E-state index in [0.29, 0.717) is 30.8 Å². The monoisotopic (exact) mass is 480 g/mol. The first kappa shape index (κ1) is 22.4. The molecule has 1 aliphatic heterocycles. The molecule has 34 heavy (non-hydrogen) atoms. The van der Waals surface area contributed by atoms with E-state index in [1.54, 1.807) is 0 Å². The van der Waals surface area contributed by atoms with Crippen molar-refractivity contribution in [3.8, 4) is 11.5 Å². The molecule has 3 atom stereocenters. The first-order valence-corrected chi connectivity index (χ1v) is 12.5. The van der Waals surface area contributed by atoms with Crippen LogP contribution in [0, 0.1) is 0 Å². The molecule has 0 radical (unpaired) electrons. The number of ether oxygens (including phenoxy) is 1. The Hall–Kier alpha value is -3.40. The van der Waals surface area contributed by atoms with E-state index in [0.717, 1.165) is 11.4 Å². The minimum absolute atomic E-state index is 0.00126. The summed E-state index contributed by atoms with van der Waals surface area (Å²) in [6.07, 6.45) is 0.891. The molecule has 1 aliphatic carbocycles. The van der Waals surface area contributed by atoms with Gasteiger partial charge in [0.15, 0.2) is 11.5 Å². The molecule has 0 aromatic heterocycles. The molecule has 1 fully saturated rings. The van der Waals surface area contributed by atoms with Gasteiger partial charge in [0.1, 0.15) is 0 Å². The zero-order valence-corrected chi connectivity index (χ0v) is 19.0. The Kier molecular flexibility index (Phi) is 5.76. The lowest BCUT2D eigenvalue weighted by atomic mass is 9.86. The number of carboxylic acid groups (broad SMARTS) is 1. The van der Waals surface area contributed by atoms with E-state index in [1.807, 2.05) is 53.4 Å².